The van der Waals surface area contributed by atoms with E-state index in [1.54, 1.807) is 16.9 Å². The van der Waals surface area contributed by atoms with Crippen LogP contribution in [0, 0.1) is 0 Å². The second-order valence-electron chi connectivity index (χ2n) is 3.76. The quantitative estimate of drug-likeness (QED) is 0.508. The standard InChI is InChI=1S/C10H16N8O/c1-3-6-19-10-14-8(13-9(15-10)16-11)12-7-4-5-18(2)17-7/h4-5H,3,6,11H2,1-2H3,(H2,12,13,14,15,16,17). The molecule has 0 bridgehead atoms. The zero-order valence-corrected chi connectivity index (χ0v) is 10.8. The topological polar surface area (TPSA) is 116 Å². The second kappa shape index (κ2) is 5.96. The molecule has 9 nitrogen and oxygen atoms in total. The van der Waals surface area contributed by atoms with E-state index < -0.39 is 0 Å². The first-order valence-electron chi connectivity index (χ1n) is 5.83. The van der Waals surface area contributed by atoms with Crippen molar-refractivity contribution in [3.63, 3.8) is 0 Å². The molecule has 2 aromatic heterocycles. The average molecular weight is 264 g/mol. The summed E-state index contributed by atoms with van der Waals surface area (Å²) in [6.45, 7) is 2.52. The van der Waals surface area contributed by atoms with Gasteiger partial charge in [0, 0.05) is 19.3 Å². The average Bonchev–Trinajstić information content (AvgIpc) is 2.81. The van der Waals surface area contributed by atoms with Gasteiger partial charge in [0.15, 0.2) is 5.82 Å². The van der Waals surface area contributed by atoms with Crippen molar-refractivity contribution in [3.05, 3.63) is 12.3 Å². The highest BCUT2D eigenvalue weighted by Gasteiger charge is 2.08. The molecule has 0 radical (unpaired) electrons. The number of nitrogens with one attached hydrogen (secondary N) is 2. The van der Waals surface area contributed by atoms with E-state index in [0.717, 1.165) is 6.42 Å². The van der Waals surface area contributed by atoms with Gasteiger partial charge in [0.2, 0.25) is 11.9 Å². The fraction of sp³-hybridized carbons (Fsp3) is 0.400. The van der Waals surface area contributed by atoms with Crippen LogP contribution in [0.3, 0.4) is 0 Å². The minimum atomic E-state index is 0.211. The number of nitrogens with zero attached hydrogens (tertiary/aromatic N) is 5. The van der Waals surface area contributed by atoms with E-state index in [1.165, 1.54) is 0 Å². The predicted octanol–water partition coefficient (Wildman–Crippen LogP) is 0.423. The summed E-state index contributed by atoms with van der Waals surface area (Å²) < 4.78 is 7.02. The summed E-state index contributed by atoms with van der Waals surface area (Å²) in [5.74, 6) is 6.47. The molecule has 0 amide bonds. The van der Waals surface area contributed by atoms with Crippen LogP contribution in [0.5, 0.6) is 6.01 Å². The van der Waals surface area contributed by atoms with Crippen LogP contribution in [0.15, 0.2) is 12.3 Å². The molecule has 0 saturated heterocycles. The SMILES string of the molecule is CCCOc1nc(NN)nc(Nc2ccn(C)n2)n1. The monoisotopic (exact) mass is 264 g/mol. The maximum absolute atomic E-state index is 5.36. The minimum absolute atomic E-state index is 0.211. The fourth-order valence-electron chi connectivity index (χ4n) is 1.33. The summed E-state index contributed by atoms with van der Waals surface area (Å²) in [5, 5.41) is 7.11. The highest BCUT2D eigenvalue weighted by Crippen LogP contribution is 2.14. The molecule has 2 rings (SSSR count). The number of hydrazine groups is 1. The third-order valence-electron chi connectivity index (χ3n) is 2.13. The van der Waals surface area contributed by atoms with Gasteiger partial charge in [0.1, 0.15) is 0 Å². The van der Waals surface area contributed by atoms with Gasteiger partial charge in [-0.25, -0.2) is 5.84 Å². The summed E-state index contributed by atoms with van der Waals surface area (Å²) in [5.41, 5.74) is 2.37. The van der Waals surface area contributed by atoms with Crippen molar-refractivity contribution in [1.82, 2.24) is 24.7 Å². The molecule has 0 atom stereocenters. The number of rotatable bonds is 6. The first-order valence-corrected chi connectivity index (χ1v) is 5.83. The minimum Gasteiger partial charge on any atom is -0.463 e. The van der Waals surface area contributed by atoms with Crippen molar-refractivity contribution >= 4 is 17.7 Å². The fourth-order valence-corrected chi connectivity index (χ4v) is 1.33. The number of aryl methyl sites for hydroxylation is 1. The molecule has 19 heavy (non-hydrogen) atoms. The molecule has 9 heteroatoms. The van der Waals surface area contributed by atoms with Crippen LogP contribution in [0.25, 0.3) is 0 Å². The Hall–Kier alpha value is -2.42. The van der Waals surface area contributed by atoms with Crippen molar-refractivity contribution in [2.24, 2.45) is 12.9 Å². The van der Waals surface area contributed by atoms with E-state index in [1.807, 2.05) is 14.0 Å². The van der Waals surface area contributed by atoms with Crippen molar-refractivity contribution in [1.29, 1.82) is 0 Å². The molecule has 0 fully saturated rings. The van der Waals surface area contributed by atoms with Crippen LogP contribution in [-0.2, 0) is 7.05 Å². The Balaban J connectivity index is 2.18. The van der Waals surface area contributed by atoms with Crippen molar-refractivity contribution in [3.8, 4) is 6.01 Å². The van der Waals surface area contributed by atoms with Crippen LogP contribution >= 0.6 is 0 Å². The van der Waals surface area contributed by atoms with Crippen molar-refractivity contribution in [2.45, 2.75) is 13.3 Å². The second-order valence-corrected chi connectivity index (χ2v) is 3.76. The lowest BCUT2D eigenvalue weighted by atomic mass is 10.5. The Morgan fingerprint density at radius 1 is 1.32 bits per heavy atom. The smallest absolute Gasteiger partial charge is 0.323 e. The zero-order chi connectivity index (χ0) is 13.7. The lowest BCUT2D eigenvalue weighted by Crippen LogP contribution is -2.14. The van der Waals surface area contributed by atoms with Crippen LogP contribution in [0.1, 0.15) is 13.3 Å². The molecule has 0 aliphatic rings. The van der Waals surface area contributed by atoms with E-state index in [2.05, 4.69) is 30.8 Å². The Kier molecular flexibility index (Phi) is 4.08. The molecular weight excluding hydrogens is 248 g/mol. The number of nitrogen functional groups attached to an aromatic ring is 1. The summed E-state index contributed by atoms with van der Waals surface area (Å²) in [6.07, 6.45) is 2.67. The van der Waals surface area contributed by atoms with Gasteiger partial charge in [0.05, 0.1) is 6.61 Å². The lowest BCUT2D eigenvalue weighted by molar-refractivity contribution is 0.292. The van der Waals surface area contributed by atoms with Gasteiger partial charge in [0.25, 0.3) is 0 Å². The summed E-state index contributed by atoms with van der Waals surface area (Å²) in [7, 11) is 1.82. The summed E-state index contributed by atoms with van der Waals surface area (Å²) in [4.78, 5) is 12.2. The van der Waals surface area contributed by atoms with E-state index >= 15 is 0 Å². The van der Waals surface area contributed by atoms with Gasteiger partial charge in [-0.2, -0.15) is 20.1 Å². The first kappa shape index (κ1) is 13.0. The molecule has 2 heterocycles. The van der Waals surface area contributed by atoms with E-state index in [-0.39, 0.29) is 12.0 Å². The summed E-state index contributed by atoms with van der Waals surface area (Å²) >= 11 is 0. The molecule has 0 unspecified atom stereocenters. The largest absolute Gasteiger partial charge is 0.463 e. The maximum Gasteiger partial charge on any atom is 0.323 e. The first-order chi connectivity index (χ1) is 9.21. The van der Waals surface area contributed by atoms with Crippen molar-refractivity contribution < 1.29 is 4.74 Å². The molecule has 2 aromatic rings. The highest BCUT2D eigenvalue weighted by molar-refractivity contribution is 5.48. The number of nitrogens with two attached hydrogens (primary N) is 1. The maximum atomic E-state index is 5.36. The van der Waals surface area contributed by atoms with Gasteiger partial charge < -0.3 is 10.1 Å². The van der Waals surface area contributed by atoms with Gasteiger partial charge in [-0.3, -0.25) is 10.1 Å². The number of hydrogen-bond donors (Lipinski definition) is 3. The Labute approximate surface area is 110 Å². The molecule has 0 aromatic carbocycles. The molecule has 0 aliphatic heterocycles. The highest BCUT2D eigenvalue weighted by atomic mass is 16.5. The number of anilines is 3. The van der Waals surface area contributed by atoms with Crippen LogP contribution in [0.2, 0.25) is 0 Å². The lowest BCUT2D eigenvalue weighted by Gasteiger charge is -2.07. The zero-order valence-electron chi connectivity index (χ0n) is 10.8. The Morgan fingerprint density at radius 2 is 2.11 bits per heavy atom. The molecule has 0 saturated carbocycles. The number of aromatic nitrogens is 5. The van der Waals surface area contributed by atoms with Gasteiger partial charge in [-0.15, -0.1) is 0 Å². The van der Waals surface area contributed by atoms with Crippen LogP contribution in [0.4, 0.5) is 17.7 Å². The third kappa shape index (κ3) is 3.52. The Morgan fingerprint density at radius 3 is 2.74 bits per heavy atom. The molecular formula is C10H16N8O. The predicted molar refractivity (Wildman–Crippen MR) is 69.9 cm³/mol. The normalized spacial score (nSPS) is 10.3. The molecule has 0 spiro atoms. The van der Waals surface area contributed by atoms with E-state index in [4.69, 9.17) is 10.6 Å². The van der Waals surface area contributed by atoms with Crippen molar-refractivity contribution in [2.75, 3.05) is 17.3 Å². The van der Waals surface area contributed by atoms with Gasteiger partial charge >= 0.3 is 6.01 Å². The third-order valence-corrected chi connectivity index (χ3v) is 2.13. The van der Waals surface area contributed by atoms with E-state index in [9.17, 15) is 0 Å². The van der Waals surface area contributed by atoms with Gasteiger partial charge in [-0.1, -0.05) is 6.92 Å². The number of ether oxygens (including phenoxy) is 1. The molecule has 0 aliphatic carbocycles. The van der Waals surface area contributed by atoms with Gasteiger partial charge in [-0.05, 0) is 6.42 Å². The van der Waals surface area contributed by atoms with E-state index in [0.29, 0.717) is 18.4 Å². The molecule has 102 valence electrons. The number of hydrogen-bond acceptors (Lipinski definition) is 8. The van der Waals surface area contributed by atoms with Crippen LogP contribution in [-0.4, -0.2) is 31.3 Å². The van der Waals surface area contributed by atoms with Crippen LogP contribution < -0.4 is 21.3 Å². The Bertz CT molecular complexity index is 540. The molecule has 4 N–H and O–H groups in total. The summed E-state index contributed by atoms with van der Waals surface area (Å²) in [6, 6.07) is 2.01.